The molecule has 168 valence electrons. The SMILES string of the molecule is CC(=O)c1ccc(S(=O)(=O)NCCC(=O)NN2C(=O)NC(C)(c3ccccc3)C2=O)cc1. The van der Waals surface area contributed by atoms with E-state index in [4.69, 9.17) is 0 Å². The molecule has 1 fully saturated rings. The van der Waals surface area contributed by atoms with Gasteiger partial charge in [-0.15, -0.1) is 0 Å². The first-order valence-electron chi connectivity index (χ1n) is 9.67. The molecule has 4 amide bonds. The summed E-state index contributed by atoms with van der Waals surface area (Å²) in [4.78, 5) is 48.5. The molecule has 1 atom stereocenters. The molecular weight excluding hydrogens is 436 g/mol. The van der Waals surface area contributed by atoms with E-state index in [9.17, 15) is 27.6 Å². The molecule has 1 aliphatic heterocycles. The number of benzene rings is 2. The van der Waals surface area contributed by atoms with Crippen molar-refractivity contribution in [3.8, 4) is 0 Å². The van der Waals surface area contributed by atoms with Crippen LogP contribution in [0.15, 0.2) is 59.5 Å². The van der Waals surface area contributed by atoms with Crippen LogP contribution in [0.4, 0.5) is 4.79 Å². The van der Waals surface area contributed by atoms with Gasteiger partial charge in [-0.2, -0.15) is 5.01 Å². The molecule has 0 saturated carbocycles. The Balaban J connectivity index is 1.57. The monoisotopic (exact) mass is 458 g/mol. The third-order valence-corrected chi connectivity index (χ3v) is 6.47. The van der Waals surface area contributed by atoms with Gasteiger partial charge in [-0.3, -0.25) is 19.8 Å². The summed E-state index contributed by atoms with van der Waals surface area (Å²) in [6.07, 6.45) is -0.316. The zero-order valence-electron chi connectivity index (χ0n) is 17.4. The summed E-state index contributed by atoms with van der Waals surface area (Å²) in [6, 6.07) is 13.2. The Morgan fingerprint density at radius 3 is 2.25 bits per heavy atom. The van der Waals surface area contributed by atoms with Gasteiger partial charge in [-0.05, 0) is 31.5 Å². The highest BCUT2D eigenvalue weighted by molar-refractivity contribution is 7.89. The van der Waals surface area contributed by atoms with Gasteiger partial charge in [0.1, 0.15) is 5.54 Å². The molecule has 0 bridgehead atoms. The lowest BCUT2D eigenvalue weighted by atomic mass is 9.92. The number of nitrogens with zero attached hydrogens (tertiary/aromatic N) is 1. The highest BCUT2D eigenvalue weighted by Gasteiger charge is 2.49. The van der Waals surface area contributed by atoms with Crippen molar-refractivity contribution in [3.63, 3.8) is 0 Å². The normalized spacial score (nSPS) is 18.4. The summed E-state index contributed by atoms with van der Waals surface area (Å²) < 4.78 is 26.9. The predicted molar refractivity (Wildman–Crippen MR) is 114 cm³/mol. The fourth-order valence-electron chi connectivity index (χ4n) is 3.14. The molecule has 1 unspecified atom stereocenters. The fourth-order valence-corrected chi connectivity index (χ4v) is 4.17. The zero-order chi connectivity index (χ0) is 23.5. The molecule has 1 heterocycles. The topological polar surface area (TPSA) is 142 Å². The highest BCUT2D eigenvalue weighted by atomic mass is 32.2. The van der Waals surface area contributed by atoms with E-state index in [0.717, 1.165) is 0 Å². The van der Waals surface area contributed by atoms with Gasteiger partial charge in [0, 0.05) is 18.5 Å². The number of imide groups is 1. The maximum atomic E-state index is 12.8. The molecule has 1 aliphatic rings. The molecule has 11 heteroatoms. The lowest BCUT2D eigenvalue weighted by Crippen LogP contribution is -2.48. The molecule has 2 aromatic carbocycles. The zero-order valence-corrected chi connectivity index (χ0v) is 18.2. The van der Waals surface area contributed by atoms with Gasteiger partial charge in [-0.1, -0.05) is 42.5 Å². The van der Waals surface area contributed by atoms with Crippen LogP contribution in [0.2, 0.25) is 0 Å². The smallest absolute Gasteiger partial charge is 0.318 e. The standard InChI is InChI=1S/C21H22N4O6S/c1-14(26)15-8-10-17(11-9-15)32(30,31)22-13-12-18(27)24-25-19(28)21(2,23-20(25)29)16-6-4-3-5-7-16/h3-11,22H,12-13H2,1-2H3,(H,23,29)(H,24,27). The lowest BCUT2D eigenvalue weighted by Gasteiger charge is -2.22. The maximum absolute atomic E-state index is 12.8. The van der Waals surface area contributed by atoms with Crippen LogP contribution in [-0.4, -0.2) is 43.6 Å². The second-order valence-electron chi connectivity index (χ2n) is 7.33. The van der Waals surface area contributed by atoms with Crippen LogP contribution in [0.3, 0.4) is 0 Å². The van der Waals surface area contributed by atoms with E-state index in [1.54, 1.807) is 30.3 Å². The van der Waals surface area contributed by atoms with Gasteiger partial charge in [0.05, 0.1) is 4.90 Å². The number of urea groups is 1. The fraction of sp³-hybridized carbons (Fsp3) is 0.238. The highest BCUT2D eigenvalue weighted by Crippen LogP contribution is 2.27. The molecule has 3 N–H and O–H groups in total. The number of hydrogen-bond acceptors (Lipinski definition) is 6. The van der Waals surface area contributed by atoms with Crippen molar-refractivity contribution in [2.24, 2.45) is 0 Å². The van der Waals surface area contributed by atoms with E-state index < -0.39 is 33.4 Å². The number of nitrogens with one attached hydrogen (secondary N) is 3. The van der Waals surface area contributed by atoms with Crippen LogP contribution >= 0.6 is 0 Å². The minimum Gasteiger partial charge on any atom is -0.318 e. The first-order chi connectivity index (χ1) is 15.0. The second kappa shape index (κ2) is 8.89. The number of ketones is 1. The van der Waals surface area contributed by atoms with Crippen LogP contribution in [0.1, 0.15) is 36.2 Å². The number of carbonyl (C=O) groups is 4. The van der Waals surface area contributed by atoms with Crippen molar-refractivity contribution in [1.82, 2.24) is 20.5 Å². The first kappa shape index (κ1) is 23.1. The van der Waals surface area contributed by atoms with Crippen molar-refractivity contribution in [2.75, 3.05) is 6.54 Å². The Labute approximate surface area is 185 Å². The van der Waals surface area contributed by atoms with Crippen molar-refractivity contribution in [1.29, 1.82) is 0 Å². The molecule has 0 radical (unpaired) electrons. The summed E-state index contributed by atoms with van der Waals surface area (Å²) in [5.41, 5.74) is 1.80. The molecule has 0 aromatic heterocycles. The summed E-state index contributed by atoms with van der Waals surface area (Å²) in [6.45, 7) is 2.64. The summed E-state index contributed by atoms with van der Waals surface area (Å²) in [7, 11) is -3.90. The van der Waals surface area contributed by atoms with Gasteiger partial charge in [0.15, 0.2) is 5.78 Å². The van der Waals surface area contributed by atoms with E-state index in [1.807, 2.05) is 0 Å². The largest absolute Gasteiger partial charge is 0.344 e. The first-order valence-corrected chi connectivity index (χ1v) is 11.2. The third-order valence-electron chi connectivity index (χ3n) is 4.99. The predicted octanol–water partition coefficient (Wildman–Crippen LogP) is 1.06. The van der Waals surface area contributed by atoms with Crippen LogP contribution in [-0.2, 0) is 25.2 Å². The minimum absolute atomic E-state index is 0.0596. The second-order valence-corrected chi connectivity index (χ2v) is 9.09. The number of hydrogen-bond donors (Lipinski definition) is 3. The quantitative estimate of drug-likeness (QED) is 0.399. The average Bonchev–Trinajstić information content (AvgIpc) is 2.98. The van der Waals surface area contributed by atoms with Crippen LogP contribution in [0.25, 0.3) is 0 Å². The number of amides is 4. The van der Waals surface area contributed by atoms with E-state index in [0.29, 0.717) is 16.1 Å². The van der Waals surface area contributed by atoms with Crippen molar-refractivity contribution < 1.29 is 27.6 Å². The molecule has 10 nitrogen and oxygen atoms in total. The van der Waals surface area contributed by atoms with E-state index >= 15 is 0 Å². The number of Topliss-reactive ketones (excluding diaryl/α,β-unsaturated/α-hetero) is 1. The number of carbonyl (C=O) groups excluding carboxylic acids is 4. The van der Waals surface area contributed by atoms with Crippen molar-refractivity contribution in [3.05, 3.63) is 65.7 Å². The van der Waals surface area contributed by atoms with Gasteiger partial charge in [0.2, 0.25) is 15.9 Å². The van der Waals surface area contributed by atoms with E-state index in [1.165, 1.54) is 38.1 Å². The van der Waals surface area contributed by atoms with Crippen LogP contribution in [0, 0.1) is 0 Å². The lowest BCUT2D eigenvalue weighted by molar-refractivity contribution is -0.138. The van der Waals surface area contributed by atoms with Gasteiger partial charge >= 0.3 is 6.03 Å². The number of sulfonamides is 1. The Kier molecular flexibility index (Phi) is 6.42. The molecule has 2 aromatic rings. The van der Waals surface area contributed by atoms with Gasteiger partial charge in [0.25, 0.3) is 5.91 Å². The molecule has 32 heavy (non-hydrogen) atoms. The Morgan fingerprint density at radius 2 is 1.66 bits per heavy atom. The Hall–Kier alpha value is -3.57. The van der Waals surface area contributed by atoms with Gasteiger partial charge < -0.3 is 5.32 Å². The summed E-state index contributed by atoms with van der Waals surface area (Å²) in [5, 5.41) is 3.14. The maximum Gasteiger partial charge on any atom is 0.344 e. The molecule has 0 aliphatic carbocycles. The molecule has 1 saturated heterocycles. The van der Waals surface area contributed by atoms with Crippen LogP contribution < -0.4 is 15.5 Å². The molecule has 3 rings (SSSR count). The number of hydrazine groups is 1. The van der Waals surface area contributed by atoms with Gasteiger partial charge in [-0.25, -0.2) is 17.9 Å². The summed E-state index contributed by atoms with van der Waals surface area (Å²) >= 11 is 0. The Morgan fingerprint density at radius 1 is 1.03 bits per heavy atom. The third kappa shape index (κ3) is 4.68. The van der Waals surface area contributed by atoms with Crippen molar-refractivity contribution >= 4 is 33.7 Å². The average molecular weight is 458 g/mol. The number of rotatable bonds is 8. The van der Waals surface area contributed by atoms with E-state index in [-0.39, 0.29) is 23.6 Å². The van der Waals surface area contributed by atoms with Crippen molar-refractivity contribution in [2.45, 2.75) is 30.7 Å². The van der Waals surface area contributed by atoms with Crippen LogP contribution in [0.5, 0.6) is 0 Å². The minimum atomic E-state index is -3.90. The summed E-state index contributed by atoms with van der Waals surface area (Å²) in [5.74, 6) is -1.57. The molecular formula is C21H22N4O6S. The molecule has 0 spiro atoms. The van der Waals surface area contributed by atoms with E-state index in [2.05, 4.69) is 15.5 Å². The Bertz CT molecular complexity index is 1160.